The quantitative estimate of drug-likeness (QED) is 0.725. The highest BCUT2D eigenvalue weighted by molar-refractivity contribution is 7.89. The molecule has 2 aliphatic rings. The van der Waals surface area contributed by atoms with Crippen LogP contribution in [0.2, 0.25) is 5.02 Å². The molecule has 1 aromatic carbocycles. The Kier molecular flexibility index (Phi) is 4.75. The van der Waals surface area contributed by atoms with E-state index in [0.29, 0.717) is 35.3 Å². The van der Waals surface area contributed by atoms with Crippen molar-refractivity contribution in [2.45, 2.75) is 30.6 Å². The summed E-state index contributed by atoms with van der Waals surface area (Å²) in [6, 6.07) is 5.71. The molecule has 10 heteroatoms. The third kappa shape index (κ3) is 4.05. The molecule has 4 rings (SSSR count). The number of ether oxygens (including phenoxy) is 3. The summed E-state index contributed by atoms with van der Waals surface area (Å²) >= 11 is 6.14. The Bertz CT molecular complexity index is 981. The van der Waals surface area contributed by atoms with Gasteiger partial charge in [0.05, 0.1) is 5.02 Å². The van der Waals surface area contributed by atoms with Gasteiger partial charge in [0, 0.05) is 6.04 Å². The van der Waals surface area contributed by atoms with Gasteiger partial charge in [-0.25, -0.2) is 17.9 Å². The number of halogens is 1. The number of hydrogen-bond acceptors (Lipinski definition) is 7. The lowest BCUT2D eigenvalue weighted by Crippen LogP contribution is -2.25. The highest BCUT2D eigenvalue weighted by Gasteiger charge is 2.30. The van der Waals surface area contributed by atoms with Crippen molar-refractivity contribution in [1.29, 1.82) is 0 Å². The minimum atomic E-state index is -3.77. The topological polar surface area (TPSA) is 104 Å². The normalized spacial score (nSPS) is 16.2. The first-order valence-electron chi connectivity index (χ1n) is 8.30. The molecule has 0 spiro atoms. The van der Waals surface area contributed by atoms with Crippen LogP contribution in [-0.2, 0) is 21.4 Å². The Balaban J connectivity index is 1.42. The standard InChI is InChI=1S/C17H16ClNO7S/c18-12-7-10(8-14-16(12)24-6-5-23-14)9-25-17(20)13-3-4-15(26-13)27(21,22)19-11-1-2-11/h3-4,7-8,11,19H,1-2,5-6,9H2. The number of carbonyl (C=O) groups excluding carboxylic acids is 1. The van der Waals surface area contributed by atoms with Gasteiger partial charge in [-0.15, -0.1) is 0 Å². The number of carbonyl (C=O) groups is 1. The molecule has 0 atom stereocenters. The number of fused-ring (bicyclic) bond motifs is 1. The average molecular weight is 414 g/mol. The number of sulfonamides is 1. The molecule has 1 N–H and O–H groups in total. The van der Waals surface area contributed by atoms with E-state index in [0.717, 1.165) is 12.8 Å². The molecule has 8 nitrogen and oxygen atoms in total. The Morgan fingerprint density at radius 3 is 2.78 bits per heavy atom. The average Bonchev–Trinajstić information content (AvgIpc) is 3.29. The van der Waals surface area contributed by atoms with E-state index in [1.807, 2.05) is 0 Å². The van der Waals surface area contributed by atoms with E-state index in [-0.39, 0.29) is 23.5 Å². The molecule has 1 aromatic heterocycles. The summed E-state index contributed by atoms with van der Waals surface area (Å²) in [6.07, 6.45) is 1.60. The van der Waals surface area contributed by atoms with E-state index in [1.165, 1.54) is 12.1 Å². The van der Waals surface area contributed by atoms with Crippen molar-refractivity contribution in [3.05, 3.63) is 40.6 Å². The van der Waals surface area contributed by atoms with E-state index < -0.39 is 16.0 Å². The highest BCUT2D eigenvalue weighted by atomic mass is 35.5. The Labute approximate surface area is 160 Å². The Morgan fingerprint density at radius 2 is 2.00 bits per heavy atom. The van der Waals surface area contributed by atoms with Gasteiger partial charge in [-0.2, -0.15) is 0 Å². The van der Waals surface area contributed by atoms with Crippen LogP contribution in [0, 0.1) is 0 Å². The maximum atomic E-state index is 12.1. The predicted molar refractivity (Wildman–Crippen MR) is 93.6 cm³/mol. The Hall–Kier alpha value is -2.23. The van der Waals surface area contributed by atoms with Gasteiger partial charge in [0.25, 0.3) is 10.0 Å². The monoisotopic (exact) mass is 413 g/mol. The number of rotatable bonds is 6. The zero-order valence-corrected chi connectivity index (χ0v) is 15.6. The first-order chi connectivity index (χ1) is 12.9. The second-order valence-electron chi connectivity index (χ2n) is 6.19. The maximum absolute atomic E-state index is 12.1. The molecule has 0 unspecified atom stereocenters. The van der Waals surface area contributed by atoms with E-state index in [4.69, 9.17) is 30.2 Å². The van der Waals surface area contributed by atoms with Gasteiger partial charge in [-0.1, -0.05) is 11.6 Å². The van der Waals surface area contributed by atoms with Crippen LogP contribution in [-0.4, -0.2) is 33.6 Å². The van der Waals surface area contributed by atoms with Crippen LogP contribution >= 0.6 is 11.6 Å². The van der Waals surface area contributed by atoms with Crippen molar-refractivity contribution >= 4 is 27.6 Å². The van der Waals surface area contributed by atoms with Crippen LogP contribution < -0.4 is 14.2 Å². The van der Waals surface area contributed by atoms with Crippen molar-refractivity contribution in [2.24, 2.45) is 0 Å². The zero-order chi connectivity index (χ0) is 19.0. The van der Waals surface area contributed by atoms with Gasteiger partial charge in [-0.05, 0) is 42.7 Å². The summed E-state index contributed by atoms with van der Waals surface area (Å²) < 4.78 is 47.8. The smallest absolute Gasteiger partial charge is 0.374 e. The second-order valence-corrected chi connectivity index (χ2v) is 8.24. The number of furan rings is 1. The van der Waals surface area contributed by atoms with Gasteiger partial charge < -0.3 is 18.6 Å². The highest BCUT2D eigenvalue weighted by Crippen LogP contribution is 2.38. The minimum Gasteiger partial charge on any atom is -0.486 e. The molecule has 144 valence electrons. The molecule has 0 amide bonds. The lowest BCUT2D eigenvalue weighted by Gasteiger charge is -2.20. The van der Waals surface area contributed by atoms with Crippen molar-refractivity contribution in [1.82, 2.24) is 4.72 Å². The number of benzene rings is 1. The first kappa shape index (κ1) is 18.1. The molecular formula is C17H16ClNO7S. The molecule has 1 aliphatic carbocycles. The van der Waals surface area contributed by atoms with Crippen LogP contribution in [0.1, 0.15) is 29.0 Å². The Morgan fingerprint density at radius 1 is 1.22 bits per heavy atom. The lowest BCUT2D eigenvalue weighted by atomic mass is 10.2. The van der Waals surface area contributed by atoms with Gasteiger partial charge >= 0.3 is 5.97 Å². The van der Waals surface area contributed by atoms with E-state index in [9.17, 15) is 13.2 Å². The lowest BCUT2D eigenvalue weighted by molar-refractivity contribution is 0.0429. The molecule has 0 radical (unpaired) electrons. The molecule has 27 heavy (non-hydrogen) atoms. The third-order valence-electron chi connectivity index (χ3n) is 3.97. The number of esters is 1. The zero-order valence-electron chi connectivity index (χ0n) is 14.1. The van der Waals surface area contributed by atoms with E-state index >= 15 is 0 Å². The third-order valence-corrected chi connectivity index (χ3v) is 5.65. The SMILES string of the molecule is O=C(OCc1cc(Cl)c2c(c1)OCCO2)c1ccc(S(=O)(=O)NC2CC2)o1. The van der Waals surface area contributed by atoms with Crippen LogP contribution in [0.5, 0.6) is 11.5 Å². The molecule has 0 bridgehead atoms. The largest absolute Gasteiger partial charge is 0.486 e. The van der Waals surface area contributed by atoms with Crippen LogP contribution in [0.25, 0.3) is 0 Å². The fourth-order valence-corrected chi connectivity index (χ4v) is 4.05. The van der Waals surface area contributed by atoms with Crippen molar-refractivity contribution in [2.75, 3.05) is 13.2 Å². The van der Waals surface area contributed by atoms with Crippen LogP contribution in [0.15, 0.2) is 33.8 Å². The maximum Gasteiger partial charge on any atom is 0.374 e. The summed E-state index contributed by atoms with van der Waals surface area (Å²) in [7, 11) is -3.77. The summed E-state index contributed by atoms with van der Waals surface area (Å²) in [5, 5.41) is 0.0412. The summed E-state index contributed by atoms with van der Waals surface area (Å²) in [4.78, 5) is 12.1. The fourth-order valence-electron chi connectivity index (χ4n) is 2.52. The van der Waals surface area contributed by atoms with E-state index in [2.05, 4.69) is 4.72 Å². The van der Waals surface area contributed by atoms with Crippen molar-refractivity contribution in [3.63, 3.8) is 0 Å². The van der Waals surface area contributed by atoms with Gasteiger partial charge in [0.15, 0.2) is 11.5 Å². The number of hydrogen-bond donors (Lipinski definition) is 1. The first-order valence-corrected chi connectivity index (χ1v) is 10.2. The molecule has 1 aliphatic heterocycles. The van der Waals surface area contributed by atoms with Crippen LogP contribution in [0.4, 0.5) is 0 Å². The van der Waals surface area contributed by atoms with Gasteiger partial charge in [0.1, 0.15) is 19.8 Å². The molecular weight excluding hydrogens is 398 g/mol. The molecule has 0 saturated heterocycles. The van der Waals surface area contributed by atoms with Gasteiger partial charge in [0.2, 0.25) is 10.9 Å². The predicted octanol–water partition coefficient (Wildman–Crippen LogP) is 2.50. The second kappa shape index (κ2) is 7.06. The van der Waals surface area contributed by atoms with Crippen molar-refractivity contribution < 1.29 is 31.8 Å². The molecule has 2 aromatic rings. The molecule has 1 saturated carbocycles. The number of nitrogens with one attached hydrogen (secondary N) is 1. The van der Waals surface area contributed by atoms with Crippen LogP contribution in [0.3, 0.4) is 0 Å². The molecule has 1 fully saturated rings. The summed E-state index contributed by atoms with van der Waals surface area (Å²) in [5.41, 5.74) is 0.604. The van der Waals surface area contributed by atoms with Crippen molar-refractivity contribution in [3.8, 4) is 11.5 Å². The minimum absolute atomic E-state index is 0.0598. The molecule has 2 heterocycles. The van der Waals surface area contributed by atoms with E-state index in [1.54, 1.807) is 12.1 Å². The fraction of sp³-hybridized carbons (Fsp3) is 0.353. The summed E-state index contributed by atoms with van der Waals surface area (Å²) in [6.45, 7) is 0.740. The van der Waals surface area contributed by atoms with Gasteiger partial charge in [-0.3, -0.25) is 0 Å². The summed E-state index contributed by atoms with van der Waals surface area (Å²) in [5.74, 6) is -0.0388.